The van der Waals surface area contributed by atoms with E-state index in [1.807, 2.05) is 14.0 Å². The number of aryl methyl sites for hydroxylation is 1. The zero-order valence-corrected chi connectivity index (χ0v) is 14.2. The maximum atomic E-state index is 12.3. The minimum Gasteiger partial charge on any atom is -0.465 e. The summed E-state index contributed by atoms with van der Waals surface area (Å²) in [5.41, 5.74) is 1.00. The van der Waals surface area contributed by atoms with Gasteiger partial charge in [0.25, 0.3) is 0 Å². The van der Waals surface area contributed by atoms with Crippen molar-refractivity contribution in [3.05, 3.63) is 51.9 Å². The summed E-state index contributed by atoms with van der Waals surface area (Å²) in [7, 11) is -1.75. The van der Waals surface area contributed by atoms with Crippen LogP contribution in [0.15, 0.2) is 44.1 Å². The van der Waals surface area contributed by atoms with Crippen LogP contribution in [-0.4, -0.2) is 15.5 Å². The van der Waals surface area contributed by atoms with Gasteiger partial charge in [0.15, 0.2) is 0 Å². The summed E-state index contributed by atoms with van der Waals surface area (Å²) in [6, 6.07) is 8.72. The second-order valence-corrected chi connectivity index (χ2v) is 7.22. The highest BCUT2D eigenvalue weighted by Gasteiger charge is 2.18. The molecule has 0 atom stereocenters. The van der Waals surface area contributed by atoms with Gasteiger partial charge in [-0.3, -0.25) is 0 Å². The van der Waals surface area contributed by atoms with Crippen LogP contribution < -0.4 is 10.0 Å². The minimum absolute atomic E-state index is 0.126. The van der Waals surface area contributed by atoms with Gasteiger partial charge in [-0.1, -0.05) is 6.07 Å². The number of sulfonamides is 1. The van der Waals surface area contributed by atoms with Crippen LogP contribution in [0.5, 0.6) is 0 Å². The highest BCUT2D eigenvalue weighted by Crippen LogP contribution is 2.23. The number of benzene rings is 1. The minimum atomic E-state index is -3.59. The van der Waals surface area contributed by atoms with Crippen LogP contribution in [0.2, 0.25) is 0 Å². The molecule has 1 aromatic heterocycles. The first kappa shape index (κ1) is 16.2. The Morgan fingerprint density at radius 2 is 1.95 bits per heavy atom. The normalized spacial score (nSPS) is 11.8. The monoisotopic (exact) mass is 372 g/mol. The van der Waals surface area contributed by atoms with E-state index < -0.39 is 10.0 Å². The summed E-state index contributed by atoms with van der Waals surface area (Å²) in [6.07, 6.45) is 0. The number of hydrogen-bond acceptors (Lipinski definition) is 4. The lowest BCUT2D eigenvalue weighted by atomic mass is 10.2. The van der Waals surface area contributed by atoms with Gasteiger partial charge in [0, 0.05) is 11.0 Å². The first-order chi connectivity index (χ1) is 9.92. The molecule has 0 spiro atoms. The fourth-order valence-electron chi connectivity index (χ4n) is 1.90. The molecule has 0 unspecified atom stereocenters. The molecule has 0 fully saturated rings. The summed E-state index contributed by atoms with van der Waals surface area (Å²) in [4.78, 5) is 0.214. The molecule has 7 heteroatoms. The first-order valence-corrected chi connectivity index (χ1v) is 8.68. The lowest BCUT2D eigenvalue weighted by molar-refractivity contribution is 0.475. The Morgan fingerprint density at radius 1 is 1.19 bits per heavy atom. The molecule has 2 N–H and O–H groups in total. The van der Waals surface area contributed by atoms with Crippen molar-refractivity contribution < 1.29 is 12.8 Å². The van der Waals surface area contributed by atoms with Gasteiger partial charge < -0.3 is 9.73 Å². The Hall–Kier alpha value is -1.15. The molecule has 1 aromatic carbocycles. The second-order valence-electron chi connectivity index (χ2n) is 4.63. The number of rotatable bonds is 6. The zero-order valence-electron chi connectivity index (χ0n) is 11.8. The molecule has 114 valence electrons. The van der Waals surface area contributed by atoms with Crippen molar-refractivity contribution in [2.75, 3.05) is 7.05 Å². The molecule has 0 aliphatic carbocycles. The molecule has 2 aromatic rings. The van der Waals surface area contributed by atoms with Crippen LogP contribution >= 0.6 is 15.9 Å². The van der Waals surface area contributed by atoms with Crippen molar-refractivity contribution in [3.63, 3.8) is 0 Å². The van der Waals surface area contributed by atoms with Crippen LogP contribution in [0.1, 0.15) is 17.1 Å². The quantitative estimate of drug-likeness (QED) is 0.817. The van der Waals surface area contributed by atoms with Gasteiger partial charge in [0.05, 0.1) is 11.4 Å². The van der Waals surface area contributed by atoms with Gasteiger partial charge in [-0.2, -0.15) is 0 Å². The van der Waals surface area contributed by atoms with E-state index in [0.29, 0.717) is 16.8 Å². The van der Waals surface area contributed by atoms with E-state index in [1.54, 1.807) is 30.3 Å². The maximum absolute atomic E-state index is 12.3. The number of furan rings is 1. The summed E-state index contributed by atoms with van der Waals surface area (Å²) < 4.78 is 33.0. The average molecular weight is 373 g/mol. The number of halogens is 1. The van der Waals surface area contributed by atoms with E-state index in [1.165, 1.54) is 0 Å². The van der Waals surface area contributed by atoms with Gasteiger partial charge >= 0.3 is 0 Å². The van der Waals surface area contributed by atoms with Gasteiger partial charge in [-0.25, -0.2) is 13.1 Å². The van der Waals surface area contributed by atoms with Crippen molar-refractivity contribution in [1.82, 2.24) is 10.0 Å². The Balaban J connectivity index is 2.15. The Labute approximate surface area is 132 Å². The lowest BCUT2D eigenvalue weighted by Gasteiger charge is -2.09. The molecule has 0 aliphatic heterocycles. The van der Waals surface area contributed by atoms with Gasteiger partial charge in [0.2, 0.25) is 10.0 Å². The van der Waals surface area contributed by atoms with E-state index in [9.17, 15) is 8.42 Å². The molecule has 0 aliphatic rings. The molecule has 0 saturated carbocycles. The van der Waals surface area contributed by atoms with Gasteiger partial charge in [-0.15, -0.1) is 0 Å². The standard InChI is InChI=1S/C14H17BrN2O3S/c1-10-3-5-12(20-10)9-17-21(18,19)14-6-4-11(8-16-2)7-13(14)15/h3-7,16-17H,8-9H2,1-2H3. The van der Waals surface area contributed by atoms with Crippen molar-refractivity contribution in [3.8, 4) is 0 Å². The Bertz CT molecular complexity index is 726. The van der Waals surface area contributed by atoms with Gasteiger partial charge in [0.1, 0.15) is 11.5 Å². The summed E-state index contributed by atoms with van der Waals surface area (Å²) >= 11 is 3.31. The Morgan fingerprint density at radius 3 is 2.52 bits per heavy atom. The molecular weight excluding hydrogens is 356 g/mol. The van der Waals surface area contributed by atoms with Crippen LogP contribution in [0.4, 0.5) is 0 Å². The fraction of sp³-hybridized carbons (Fsp3) is 0.286. The molecule has 5 nitrogen and oxygen atoms in total. The molecule has 0 bridgehead atoms. The third-order valence-corrected chi connectivity index (χ3v) is 5.28. The first-order valence-electron chi connectivity index (χ1n) is 6.40. The van der Waals surface area contributed by atoms with Crippen LogP contribution in [0.25, 0.3) is 0 Å². The summed E-state index contributed by atoms with van der Waals surface area (Å²) in [5.74, 6) is 1.33. The molecule has 2 rings (SSSR count). The maximum Gasteiger partial charge on any atom is 0.242 e. The predicted molar refractivity (Wildman–Crippen MR) is 84.4 cm³/mol. The molecule has 21 heavy (non-hydrogen) atoms. The van der Waals surface area contributed by atoms with Crippen molar-refractivity contribution in [2.45, 2.75) is 24.9 Å². The SMILES string of the molecule is CNCc1ccc(S(=O)(=O)NCc2ccc(C)o2)c(Br)c1. The van der Waals surface area contributed by atoms with Crippen LogP contribution in [-0.2, 0) is 23.1 Å². The molecular formula is C14H17BrN2O3S. The Kier molecular flexibility index (Phi) is 5.21. The van der Waals surface area contributed by atoms with E-state index in [4.69, 9.17) is 4.42 Å². The number of nitrogens with one attached hydrogen (secondary N) is 2. The predicted octanol–water partition coefficient (Wildman–Crippen LogP) is 2.55. The van der Waals surface area contributed by atoms with E-state index in [0.717, 1.165) is 11.3 Å². The molecule has 0 saturated heterocycles. The van der Waals surface area contributed by atoms with Crippen LogP contribution in [0, 0.1) is 6.92 Å². The fourth-order valence-corrected chi connectivity index (χ4v) is 4.02. The average Bonchev–Trinajstić information content (AvgIpc) is 2.83. The van der Waals surface area contributed by atoms with E-state index in [-0.39, 0.29) is 11.4 Å². The second kappa shape index (κ2) is 6.74. The topological polar surface area (TPSA) is 71.3 Å². The zero-order chi connectivity index (χ0) is 15.5. The van der Waals surface area contributed by atoms with Gasteiger partial charge in [-0.05, 0) is 59.7 Å². The highest BCUT2D eigenvalue weighted by molar-refractivity contribution is 9.10. The van der Waals surface area contributed by atoms with Crippen LogP contribution in [0.3, 0.4) is 0 Å². The smallest absolute Gasteiger partial charge is 0.242 e. The van der Waals surface area contributed by atoms with E-state index in [2.05, 4.69) is 26.0 Å². The molecule has 1 heterocycles. The molecule has 0 amide bonds. The number of hydrogen-bond donors (Lipinski definition) is 2. The van der Waals surface area contributed by atoms with Crippen molar-refractivity contribution in [1.29, 1.82) is 0 Å². The van der Waals surface area contributed by atoms with E-state index >= 15 is 0 Å². The third-order valence-electron chi connectivity index (χ3n) is 2.90. The summed E-state index contributed by atoms with van der Waals surface area (Å²) in [5, 5.41) is 3.02. The highest BCUT2D eigenvalue weighted by atomic mass is 79.9. The lowest BCUT2D eigenvalue weighted by Crippen LogP contribution is -2.23. The van der Waals surface area contributed by atoms with Crippen molar-refractivity contribution >= 4 is 26.0 Å². The van der Waals surface area contributed by atoms with Crippen molar-refractivity contribution in [2.24, 2.45) is 0 Å². The third kappa shape index (κ3) is 4.16. The molecule has 0 radical (unpaired) electrons. The summed E-state index contributed by atoms with van der Waals surface area (Å²) in [6.45, 7) is 2.62. The largest absolute Gasteiger partial charge is 0.465 e.